The summed E-state index contributed by atoms with van der Waals surface area (Å²) in [7, 11) is 0. The molecule has 0 aliphatic heterocycles. The Kier molecular flexibility index (Phi) is 16.8. The number of nitrogens with zero attached hydrogens (tertiary/aromatic N) is 1. The van der Waals surface area contributed by atoms with Crippen LogP contribution in [0.3, 0.4) is 0 Å². The van der Waals surface area contributed by atoms with E-state index in [1.54, 1.807) is 6.92 Å². The first-order valence-electron chi connectivity index (χ1n) is 6.41. The highest BCUT2D eigenvalue weighted by Crippen LogP contribution is 2.20. The Morgan fingerprint density at radius 2 is 1.35 bits per heavy atom. The highest BCUT2D eigenvalue weighted by molar-refractivity contribution is 9.09. The molecule has 0 aliphatic rings. The molecule has 8 heteroatoms. The van der Waals surface area contributed by atoms with Crippen LogP contribution >= 0.6 is 31.9 Å². The largest absolute Gasteiger partial charge is 0.396 e. The fourth-order valence-corrected chi connectivity index (χ4v) is 2.84. The van der Waals surface area contributed by atoms with Gasteiger partial charge in [-0.2, -0.15) is 0 Å². The lowest BCUT2D eigenvalue weighted by Crippen LogP contribution is -2.35. The van der Waals surface area contributed by atoms with E-state index in [9.17, 15) is 0 Å². The fourth-order valence-electron chi connectivity index (χ4n) is 1.21. The van der Waals surface area contributed by atoms with Gasteiger partial charge in [-0.3, -0.25) is 4.90 Å². The Balaban J connectivity index is 0. The van der Waals surface area contributed by atoms with Gasteiger partial charge in [-0.25, -0.2) is 0 Å². The van der Waals surface area contributed by atoms with Crippen LogP contribution in [0.4, 0.5) is 0 Å². The summed E-state index contributed by atoms with van der Waals surface area (Å²) in [6.07, 6.45) is -0.409. The zero-order valence-electron chi connectivity index (χ0n) is 11.9. The summed E-state index contributed by atoms with van der Waals surface area (Å²) < 4.78 is 0. The third-order valence-electron chi connectivity index (χ3n) is 2.59. The molecule has 124 valence electrons. The highest BCUT2D eigenvalue weighted by atomic mass is 79.9. The maximum Gasteiger partial charge on any atom is 0.0639 e. The van der Waals surface area contributed by atoms with Crippen molar-refractivity contribution in [3.05, 3.63) is 0 Å². The molecular weight excluding hydrogens is 398 g/mol. The number of rotatable bonds is 10. The van der Waals surface area contributed by atoms with Crippen molar-refractivity contribution in [2.45, 2.75) is 13.0 Å². The molecule has 0 fully saturated rings. The topological polar surface area (TPSA) is 104 Å². The van der Waals surface area contributed by atoms with Gasteiger partial charge in [0, 0.05) is 35.7 Å². The van der Waals surface area contributed by atoms with Crippen LogP contribution in [0, 0.1) is 5.41 Å². The van der Waals surface area contributed by atoms with Crippen molar-refractivity contribution in [2.24, 2.45) is 5.41 Å². The third kappa shape index (κ3) is 11.4. The molecule has 1 unspecified atom stereocenters. The van der Waals surface area contributed by atoms with E-state index in [0.29, 0.717) is 30.3 Å². The maximum absolute atomic E-state index is 8.97. The third-order valence-corrected chi connectivity index (χ3v) is 4.97. The monoisotopic (exact) mass is 423 g/mol. The zero-order chi connectivity index (χ0) is 16.0. The number of hydrogen-bond acceptors (Lipinski definition) is 6. The van der Waals surface area contributed by atoms with Crippen molar-refractivity contribution in [3.63, 3.8) is 0 Å². The molecule has 0 spiro atoms. The standard InChI is InChI=1S/C7H17NO3.C5H10Br2O2/c1-7(11)6-8(2-4-9)3-5-10;6-1-5(2-7,3-8)4-9/h7,9-11H,2-6H2,1H3;8-9H,1-4H2. The van der Waals surface area contributed by atoms with E-state index >= 15 is 0 Å². The van der Waals surface area contributed by atoms with E-state index in [1.165, 1.54) is 0 Å². The summed E-state index contributed by atoms with van der Waals surface area (Å²) in [6.45, 7) is 3.32. The van der Waals surface area contributed by atoms with Gasteiger partial charge >= 0.3 is 0 Å². The van der Waals surface area contributed by atoms with Gasteiger partial charge in [0.05, 0.1) is 32.5 Å². The second-order valence-corrected chi connectivity index (χ2v) is 5.80. The summed E-state index contributed by atoms with van der Waals surface area (Å²) in [6, 6.07) is 0. The molecule has 20 heavy (non-hydrogen) atoms. The van der Waals surface area contributed by atoms with Crippen LogP contribution in [0.1, 0.15) is 6.92 Å². The van der Waals surface area contributed by atoms with Crippen LogP contribution < -0.4 is 0 Å². The minimum absolute atomic E-state index is 0. The Morgan fingerprint density at radius 1 is 0.950 bits per heavy atom. The first kappa shape index (κ1) is 23.0. The van der Waals surface area contributed by atoms with Crippen LogP contribution in [0.2, 0.25) is 0 Å². The molecule has 6 nitrogen and oxygen atoms in total. The van der Waals surface area contributed by atoms with Crippen molar-refractivity contribution in [3.8, 4) is 0 Å². The second-order valence-electron chi connectivity index (χ2n) is 4.68. The lowest BCUT2D eigenvalue weighted by atomic mass is 9.97. The van der Waals surface area contributed by atoms with Gasteiger partial charge in [-0.05, 0) is 6.92 Å². The van der Waals surface area contributed by atoms with Crippen LogP contribution in [0.25, 0.3) is 0 Å². The minimum Gasteiger partial charge on any atom is -0.396 e. The lowest BCUT2D eigenvalue weighted by molar-refractivity contribution is 0.0951. The first-order valence-corrected chi connectivity index (χ1v) is 8.65. The predicted molar refractivity (Wildman–Crippen MR) is 86.5 cm³/mol. The molecule has 0 rings (SSSR count). The van der Waals surface area contributed by atoms with Crippen molar-refractivity contribution in [1.29, 1.82) is 0 Å². The number of aliphatic hydroxyl groups excluding tert-OH is 5. The zero-order valence-corrected chi connectivity index (χ0v) is 15.1. The molecule has 0 aromatic rings. The fraction of sp³-hybridized carbons (Fsp3) is 1.00. The van der Waals surface area contributed by atoms with Crippen LogP contribution in [-0.2, 0) is 0 Å². The number of alkyl halides is 2. The summed E-state index contributed by atoms with van der Waals surface area (Å²) in [5, 5.41) is 44.8. The van der Waals surface area contributed by atoms with Crippen molar-refractivity contribution >= 4 is 31.9 Å². The Labute approximate surface area is 137 Å². The van der Waals surface area contributed by atoms with Crippen molar-refractivity contribution in [2.75, 3.05) is 56.7 Å². The van der Waals surface area contributed by atoms with Crippen LogP contribution in [0.15, 0.2) is 0 Å². The van der Waals surface area contributed by atoms with E-state index in [4.69, 9.17) is 25.5 Å². The molecule has 0 saturated heterocycles. The SMILES string of the molecule is CC(O)CN(CCO)CCO.OCC(CO)(CBr)CBr. The van der Waals surface area contributed by atoms with Crippen LogP contribution in [0.5, 0.6) is 0 Å². The van der Waals surface area contributed by atoms with E-state index in [2.05, 4.69) is 31.9 Å². The second kappa shape index (κ2) is 14.6. The molecule has 0 aromatic carbocycles. The summed E-state index contributed by atoms with van der Waals surface area (Å²) in [5.41, 5.74) is -0.389. The Hall–Kier alpha value is 0.720. The molecule has 1 atom stereocenters. The highest BCUT2D eigenvalue weighted by Gasteiger charge is 2.25. The average molecular weight is 425 g/mol. The first-order chi connectivity index (χ1) is 9.44. The molecule has 0 heterocycles. The number of hydrogen-bond donors (Lipinski definition) is 5. The molecular formula is C12H27Br2NO5. The molecule has 0 bridgehead atoms. The minimum atomic E-state index is -0.409. The van der Waals surface area contributed by atoms with Gasteiger partial charge in [-0.15, -0.1) is 0 Å². The normalized spacial score (nSPS) is 13.1. The van der Waals surface area contributed by atoms with Crippen molar-refractivity contribution < 1.29 is 25.5 Å². The Bertz CT molecular complexity index is 183. The van der Waals surface area contributed by atoms with E-state index in [1.807, 2.05) is 4.90 Å². The van der Waals surface area contributed by atoms with Crippen molar-refractivity contribution in [1.82, 2.24) is 4.90 Å². The summed E-state index contributed by atoms with van der Waals surface area (Å²) >= 11 is 6.41. The van der Waals surface area contributed by atoms with E-state index < -0.39 is 6.10 Å². The average Bonchev–Trinajstić information content (AvgIpc) is 2.43. The maximum atomic E-state index is 8.97. The molecule has 0 aliphatic carbocycles. The van der Waals surface area contributed by atoms with Gasteiger partial charge in [0.15, 0.2) is 0 Å². The van der Waals surface area contributed by atoms with Gasteiger partial charge in [-0.1, -0.05) is 31.9 Å². The van der Waals surface area contributed by atoms with Gasteiger partial charge in [0.1, 0.15) is 0 Å². The van der Waals surface area contributed by atoms with E-state index in [0.717, 1.165) is 0 Å². The van der Waals surface area contributed by atoms with Gasteiger partial charge < -0.3 is 25.5 Å². The molecule has 0 aromatic heterocycles. The summed E-state index contributed by atoms with van der Waals surface area (Å²) in [4.78, 5) is 1.81. The lowest BCUT2D eigenvalue weighted by Gasteiger charge is -2.23. The van der Waals surface area contributed by atoms with E-state index in [-0.39, 0.29) is 31.8 Å². The van der Waals surface area contributed by atoms with Gasteiger partial charge in [0.2, 0.25) is 0 Å². The quantitative estimate of drug-likeness (QED) is 0.300. The predicted octanol–water partition coefficient (Wildman–Crippen LogP) is -0.599. The molecule has 0 saturated carbocycles. The number of halogens is 2. The molecule has 0 radical (unpaired) electrons. The van der Waals surface area contributed by atoms with Crippen LogP contribution in [-0.4, -0.2) is 93.3 Å². The number of aliphatic hydroxyl groups is 5. The molecule has 0 amide bonds. The smallest absolute Gasteiger partial charge is 0.0639 e. The van der Waals surface area contributed by atoms with Gasteiger partial charge in [0.25, 0.3) is 0 Å². The molecule has 5 N–H and O–H groups in total. The summed E-state index contributed by atoms with van der Waals surface area (Å²) in [5.74, 6) is 0. The Morgan fingerprint density at radius 3 is 1.50 bits per heavy atom.